The quantitative estimate of drug-likeness (QED) is 0.722. The van der Waals surface area contributed by atoms with Crippen molar-refractivity contribution >= 4 is 0 Å². The van der Waals surface area contributed by atoms with Crippen molar-refractivity contribution in [2.45, 2.75) is 59.3 Å². The molecule has 106 valence electrons. The molecule has 2 rings (SSSR count). The third-order valence-electron chi connectivity index (χ3n) is 3.06. The highest BCUT2D eigenvalue weighted by atomic mass is 16.3. The molecule has 0 radical (unpaired) electrons. The van der Waals surface area contributed by atoms with E-state index in [0.29, 0.717) is 5.92 Å². The van der Waals surface area contributed by atoms with Crippen molar-refractivity contribution in [3.8, 4) is 0 Å². The van der Waals surface area contributed by atoms with Crippen LogP contribution in [0.5, 0.6) is 0 Å². The highest BCUT2D eigenvalue weighted by Gasteiger charge is 2.25. The molecule has 2 heterocycles. The maximum absolute atomic E-state index is 5.84. The second-order valence-electron chi connectivity index (χ2n) is 5.50. The Labute approximate surface area is 116 Å². The fourth-order valence-corrected chi connectivity index (χ4v) is 1.99. The number of hydrogen-bond donors (Lipinski definition) is 0. The molecule has 0 unspecified atom stereocenters. The maximum atomic E-state index is 5.84. The van der Waals surface area contributed by atoms with Gasteiger partial charge in [0, 0.05) is 17.8 Å². The minimum absolute atomic E-state index is 0.0321. The van der Waals surface area contributed by atoms with E-state index in [-0.39, 0.29) is 5.41 Å². The van der Waals surface area contributed by atoms with Gasteiger partial charge < -0.3 is 8.83 Å². The molecule has 0 amide bonds. The summed E-state index contributed by atoms with van der Waals surface area (Å²) in [5.74, 6) is 3.51. The Morgan fingerprint density at radius 1 is 1.11 bits per heavy atom. The van der Waals surface area contributed by atoms with E-state index in [1.807, 2.05) is 26.0 Å². The van der Waals surface area contributed by atoms with E-state index in [9.17, 15) is 0 Å². The third-order valence-corrected chi connectivity index (χ3v) is 3.06. The minimum atomic E-state index is -0.0321. The summed E-state index contributed by atoms with van der Waals surface area (Å²) < 4.78 is 11.3. The Balaban J connectivity index is 0.000000861. The molecule has 0 bridgehead atoms. The van der Waals surface area contributed by atoms with E-state index in [1.165, 1.54) is 0 Å². The second kappa shape index (κ2) is 6.65. The van der Waals surface area contributed by atoms with Crippen LogP contribution >= 0.6 is 0 Å². The standard InChI is InChI=1S/C15H20O2.C2H6/c1-11(2)13-8-7-12(17-13)10-15(3,4)14-6-5-9-16-14;1-2/h5-9,11H,10H2,1-4H3;1-2H3. The van der Waals surface area contributed by atoms with E-state index in [1.54, 1.807) is 6.26 Å². The highest BCUT2D eigenvalue weighted by Crippen LogP contribution is 2.29. The molecule has 19 heavy (non-hydrogen) atoms. The maximum Gasteiger partial charge on any atom is 0.109 e. The monoisotopic (exact) mass is 262 g/mol. The van der Waals surface area contributed by atoms with E-state index >= 15 is 0 Å². The van der Waals surface area contributed by atoms with Gasteiger partial charge >= 0.3 is 0 Å². The molecule has 0 fully saturated rings. The van der Waals surface area contributed by atoms with E-state index in [2.05, 4.69) is 39.8 Å². The van der Waals surface area contributed by atoms with Crippen molar-refractivity contribution in [2.75, 3.05) is 0 Å². The van der Waals surface area contributed by atoms with E-state index < -0.39 is 0 Å². The Kier molecular flexibility index (Phi) is 5.46. The van der Waals surface area contributed by atoms with Gasteiger partial charge in [-0.1, -0.05) is 41.5 Å². The number of furan rings is 2. The molecule has 0 atom stereocenters. The van der Waals surface area contributed by atoms with Gasteiger partial charge in [0.15, 0.2) is 0 Å². The SMILES string of the molecule is CC.CC(C)c1ccc(CC(C)(C)c2ccco2)o1. The molecule has 0 aliphatic rings. The fraction of sp³-hybridized carbons (Fsp3) is 0.529. The van der Waals surface area contributed by atoms with E-state index in [0.717, 1.165) is 23.7 Å². The average Bonchev–Trinajstić information content (AvgIpc) is 3.01. The molecule has 2 heteroatoms. The molecular formula is C17H26O2. The first-order valence-corrected chi connectivity index (χ1v) is 7.11. The first-order valence-electron chi connectivity index (χ1n) is 7.11. The molecule has 0 aromatic carbocycles. The molecular weight excluding hydrogens is 236 g/mol. The molecule has 0 aliphatic heterocycles. The van der Waals surface area contributed by atoms with Crippen LogP contribution in [0.4, 0.5) is 0 Å². The Morgan fingerprint density at radius 3 is 2.26 bits per heavy atom. The summed E-state index contributed by atoms with van der Waals surface area (Å²) in [7, 11) is 0. The molecule has 0 saturated heterocycles. The molecule has 0 saturated carbocycles. The molecule has 0 N–H and O–H groups in total. The summed E-state index contributed by atoms with van der Waals surface area (Å²) in [5, 5.41) is 0. The van der Waals surface area contributed by atoms with Gasteiger partial charge in [-0.15, -0.1) is 0 Å². The zero-order valence-electron chi connectivity index (χ0n) is 13.0. The van der Waals surface area contributed by atoms with Crippen molar-refractivity contribution in [1.82, 2.24) is 0 Å². The summed E-state index contributed by atoms with van der Waals surface area (Å²) >= 11 is 0. The second-order valence-corrected chi connectivity index (χ2v) is 5.50. The predicted octanol–water partition coefficient (Wildman–Crippen LogP) is 5.54. The highest BCUT2D eigenvalue weighted by molar-refractivity contribution is 5.17. The lowest BCUT2D eigenvalue weighted by atomic mass is 9.85. The molecule has 0 aliphatic carbocycles. The topological polar surface area (TPSA) is 26.3 Å². The van der Waals surface area contributed by atoms with Gasteiger partial charge in [-0.2, -0.15) is 0 Å². The van der Waals surface area contributed by atoms with E-state index in [4.69, 9.17) is 8.83 Å². The van der Waals surface area contributed by atoms with Crippen LogP contribution in [0, 0.1) is 0 Å². The molecule has 2 aromatic heterocycles. The lowest BCUT2D eigenvalue weighted by Gasteiger charge is -2.20. The fourth-order valence-electron chi connectivity index (χ4n) is 1.99. The van der Waals surface area contributed by atoms with Crippen LogP contribution in [0.2, 0.25) is 0 Å². The van der Waals surface area contributed by atoms with Crippen LogP contribution < -0.4 is 0 Å². The lowest BCUT2D eigenvalue weighted by Crippen LogP contribution is -2.19. The van der Waals surface area contributed by atoms with Crippen molar-refractivity contribution in [3.63, 3.8) is 0 Å². The average molecular weight is 262 g/mol. The van der Waals surface area contributed by atoms with Gasteiger partial charge in [0.2, 0.25) is 0 Å². The van der Waals surface area contributed by atoms with Crippen LogP contribution in [0.25, 0.3) is 0 Å². The van der Waals surface area contributed by atoms with Gasteiger partial charge in [0.05, 0.1) is 6.26 Å². The molecule has 2 aromatic rings. The van der Waals surface area contributed by atoms with Gasteiger partial charge in [-0.3, -0.25) is 0 Å². The summed E-state index contributed by atoms with van der Waals surface area (Å²) in [5.41, 5.74) is -0.0321. The van der Waals surface area contributed by atoms with Gasteiger partial charge in [-0.25, -0.2) is 0 Å². The molecule has 0 spiro atoms. The van der Waals surface area contributed by atoms with Crippen molar-refractivity contribution in [2.24, 2.45) is 0 Å². The third kappa shape index (κ3) is 4.02. The summed E-state index contributed by atoms with van der Waals surface area (Å²) in [6.45, 7) is 12.6. The summed E-state index contributed by atoms with van der Waals surface area (Å²) in [6.07, 6.45) is 2.58. The Hall–Kier alpha value is -1.44. The van der Waals surface area contributed by atoms with Crippen molar-refractivity contribution in [1.29, 1.82) is 0 Å². The predicted molar refractivity (Wildman–Crippen MR) is 79.6 cm³/mol. The van der Waals surface area contributed by atoms with Gasteiger partial charge in [-0.05, 0) is 24.3 Å². The summed E-state index contributed by atoms with van der Waals surface area (Å²) in [6, 6.07) is 8.09. The number of rotatable bonds is 4. The molecule has 2 nitrogen and oxygen atoms in total. The van der Waals surface area contributed by atoms with Crippen LogP contribution in [-0.4, -0.2) is 0 Å². The minimum Gasteiger partial charge on any atom is -0.469 e. The first kappa shape index (κ1) is 15.6. The lowest BCUT2D eigenvalue weighted by molar-refractivity contribution is 0.347. The Morgan fingerprint density at radius 2 is 1.79 bits per heavy atom. The van der Waals surface area contributed by atoms with Crippen molar-refractivity contribution in [3.05, 3.63) is 47.8 Å². The Bertz CT molecular complexity index is 461. The van der Waals surface area contributed by atoms with Crippen LogP contribution in [0.15, 0.2) is 39.4 Å². The zero-order valence-corrected chi connectivity index (χ0v) is 13.0. The number of hydrogen-bond acceptors (Lipinski definition) is 2. The first-order chi connectivity index (χ1) is 8.99. The van der Waals surface area contributed by atoms with Crippen LogP contribution in [0.1, 0.15) is 64.7 Å². The van der Waals surface area contributed by atoms with Crippen molar-refractivity contribution < 1.29 is 8.83 Å². The summed E-state index contributed by atoms with van der Waals surface area (Å²) in [4.78, 5) is 0. The normalized spacial score (nSPS) is 11.3. The van der Waals surface area contributed by atoms with Crippen LogP contribution in [0.3, 0.4) is 0 Å². The van der Waals surface area contributed by atoms with Gasteiger partial charge in [0.25, 0.3) is 0 Å². The largest absolute Gasteiger partial charge is 0.469 e. The van der Waals surface area contributed by atoms with Crippen LogP contribution in [-0.2, 0) is 11.8 Å². The smallest absolute Gasteiger partial charge is 0.109 e. The van der Waals surface area contributed by atoms with Gasteiger partial charge in [0.1, 0.15) is 17.3 Å². The zero-order chi connectivity index (χ0) is 14.5.